The van der Waals surface area contributed by atoms with E-state index < -0.39 is 0 Å². The minimum Gasteiger partial charge on any atom is -0.265 e. The summed E-state index contributed by atoms with van der Waals surface area (Å²) in [5, 5.41) is 3.11. The summed E-state index contributed by atoms with van der Waals surface area (Å²) in [6, 6.07) is 17.0. The molecule has 0 radical (unpaired) electrons. The summed E-state index contributed by atoms with van der Waals surface area (Å²) in [4.78, 5) is 14.1. The summed E-state index contributed by atoms with van der Waals surface area (Å²) >= 11 is 16.6. The lowest BCUT2D eigenvalue weighted by molar-refractivity contribution is 0.734. The van der Waals surface area contributed by atoms with Gasteiger partial charge in [0.1, 0.15) is 0 Å². The van der Waals surface area contributed by atoms with Crippen molar-refractivity contribution in [2.24, 2.45) is 0 Å². The first-order chi connectivity index (χ1) is 17.4. The third kappa shape index (κ3) is 4.80. The van der Waals surface area contributed by atoms with Crippen LogP contribution in [0.1, 0.15) is 38.6 Å². The van der Waals surface area contributed by atoms with Gasteiger partial charge in [-0.05, 0) is 117 Å². The van der Waals surface area contributed by atoms with Gasteiger partial charge in [0.05, 0.1) is 32.9 Å². The molecule has 2 aromatic carbocycles. The summed E-state index contributed by atoms with van der Waals surface area (Å²) in [6.45, 7) is 2.04. The maximum absolute atomic E-state index is 5.12. The number of rotatable bonds is 0. The molecule has 5 heterocycles. The van der Waals surface area contributed by atoms with E-state index >= 15 is 0 Å². The first-order valence-electron chi connectivity index (χ1n) is 11.4. The average molecular weight is 749 g/mol. The zero-order valence-electron chi connectivity index (χ0n) is 19.1. The second kappa shape index (κ2) is 10.1. The second-order valence-corrected chi connectivity index (χ2v) is 14.0. The van der Waals surface area contributed by atoms with Crippen LogP contribution in [0.25, 0.3) is 21.8 Å². The number of thioether (sulfide) groups is 1. The third-order valence-corrected chi connectivity index (χ3v) is 10.1. The van der Waals surface area contributed by atoms with Crippen LogP contribution in [-0.2, 0) is 12.8 Å². The molecule has 3 nitrogen and oxygen atoms in total. The molecule has 0 N–H and O–H groups in total. The third-order valence-electron chi connectivity index (χ3n) is 6.49. The van der Waals surface area contributed by atoms with Crippen LogP contribution in [0.15, 0.2) is 78.8 Å². The van der Waals surface area contributed by atoms with Crippen LogP contribution in [0.2, 0.25) is 0 Å². The van der Waals surface area contributed by atoms with E-state index in [0.717, 1.165) is 41.8 Å². The number of aromatic nitrogens is 3. The Labute approximate surface area is 247 Å². The molecule has 2 aliphatic rings. The largest absolute Gasteiger partial charge is 0.265 e. The molecular weight excluding hydrogens is 730 g/mol. The highest BCUT2D eigenvalue weighted by Crippen LogP contribution is 2.54. The fraction of sp³-hybridized carbons (Fsp3) is 0.179. The molecule has 0 spiro atoms. The number of aryl methyl sites for hydroxylation is 1. The van der Waals surface area contributed by atoms with Crippen molar-refractivity contribution in [3.8, 4) is 0 Å². The quantitative estimate of drug-likeness (QED) is 0.158. The Kier molecular flexibility index (Phi) is 7.01. The molecule has 180 valence electrons. The summed E-state index contributed by atoms with van der Waals surface area (Å²) < 4.78 is 4.21. The maximum Gasteiger partial charge on any atom is 0.0848 e. The smallest absolute Gasteiger partial charge is 0.0848 e. The van der Waals surface area contributed by atoms with Crippen LogP contribution in [0.3, 0.4) is 0 Å². The molecule has 3 aromatic heterocycles. The van der Waals surface area contributed by atoms with Gasteiger partial charge in [-0.2, -0.15) is 0 Å². The van der Waals surface area contributed by atoms with Crippen molar-refractivity contribution >= 4 is 97.3 Å². The van der Waals surface area contributed by atoms with Crippen LogP contribution in [0.4, 0.5) is 0 Å². The molecule has 2 aliphatic heterocycles. The number of hydrogen-bond donors (Lipinski definition) is 0. The highest BCUT2D eigenvalue weighted by molar-refractivity contribution is 9.11. The molecule has 7 rings (SSSR count). The van der Waals surface area contributed by atoms with Gasteiger partial charge >= 0.3 is 0 Å². The van der Waals surface area contributed by atoms with Gasteiger partial charge in [0.2, 0.25) is 0 Å². The van der Waals surface area contributed by atoms with E-state index in [9.17, 15) is 0 Å². The van der Waals surface area contributed by atoms with E-state index in [1.54, 1.807) is 12.4 Å². The lowest BCUT2D eigenvalue weighted by Gasteiger charge is -2.36. The van der Waals surface area contributed by atoms with Gasteiger partial charge in [-0.25, -0.2) is 0 Å². The monoisotopic (exact) mass is 745 g/mol. The van der Waals surface area contributed by atoms with Crippen molar-refractivity contribution < 1.29 is 0 Å². The topological polar surface area (TPSA) is 38.7 Å². The van der Waals surface area contributed by atoms with Gasteiger partial charge < -0.3 is 0 Å². The number of halogens is 4. The van der Waals surface area contributed by atoms with Crippen LogP contribution in [0.5, 0.6) is 0 Å². The maximum atomic E-state index is 5.12. The van der Waals surface area contributed by atoms with E-state index in [1.165, 1.54) is 38.9 Å². The molecule has 0 aliphatic carbocycles. The number of benzene rings is 2. The highest BCUT2D eigenvalue weighted by Gasteiger charge is 2.37. The first kappa shape index (κ1) is 25.0. The van der Waals surface area contributed by atoms with Gasteiger partial charge in [0, 0.05) is 41.1 Å². The SMILES string of the molecule is Brc1cc(Br)c2nc3c(cc2c1)C[C@H]1S[C@@H]3Cc2cc3cc(Br)cc(Br)c3nc21.Cc1ccncc1. The number of fused-ring (bicyclic) bond motifs is 8. The Hall–Kier alpha value is -1.32. The predicted octanol–water partition coefficient (Wildman–Crippen LogP) is 9.85. The average Bonchev–Trinajstić information content (AvgIpc) is 2.83. The summed E-state index contributed by atoms with van der Waals surface area (Å²) in [5.41, 5.74) is 8.54. The normalized spacial score (nSPS) is 17.8. The van der Waals surface area contributed by atoms with E-state index in [-0.39, 0.29) is 0 Å². The van der Waals surface area contributed by atoms with Crippen LogP contribution < -0.4 is 0 Å². The molecule has 36 heavy (non-hydrogen) atoms. The zero-order valence-corrected chi connectivity index (χ0v) is 26.3. The van der Waals surface area contributed by atoms with Gasteiger partial charge in [-0.3, -0.25) is 15.0 Å². The Bertz CT molecular complexity index is 1540. The molecule has 0 saturated carbocycles. The van der Waals surface area contributed by atoms with Crippen molar-refractivity contribution in [3.05, 3.63) is 107 Å². The standard InChI is InChI=1S/C22H12Br4N2S.C6H7N/c23-13-3-9-1-11-5-17-22-12(2-10-4-14(24)8-16(26)20(10)28-22)6-18(29-17)21(11)27-19(9)15(25)7-13;1-6-2-4-7-5-3-6/h1-4,7-8,17-18H,5-6H2;2-5H,1H3/t17-,18-;/m1./s1. The van der Waals surface area contributed by atoms with Crippen molar-refractivity contribution in [2.45, 2.75) is 30.3 Å². The van der Waals surface area contributed by atoms with Crippen molar-refractivity contribution in [1.82, 2.24) is 15.0 Å². The fourth-order valence-corrected chi connectivity index (χ4v) is 9.17. The Morgan fingerprint density at radius 2 is 1.17 bits per heavy atom. The number of hydrogen-bond acceptors (Lipinski definition) is 4. The number of pyridine rings is 3. The first-order valence-corrected chi connectivity index (χ1v) is 15.6. The molecule has 0 unspecified atom stereocenters. The van der Waals surface area contributed by atoms with Gasteiger partial charge in [-0.15, -0.1) is 11.8 Å². The van der Waals surface area contributed by atoms with Crippen LogP contribution >= 0.6 is 75.5 Å². The van der Waals surface area contributed by atoms with Crippen LogP contribution in [-0.4, -0.2) is 15.0 Å². The molecule has 2 bridgehead atoms. The summed E-state index contributed by atoms with van der Waals surface area (Å²) in [7, 11) is 0. The molecule has 0 amide bonds. The minimum atomic E-state index is 0.381. The summed E-state index contributed by atoms with van der Waals surface area (Å²) in [6.07, 6.45) is 5.52. The molecule has 2 atom stereocenters. The van der Waals surface area contributed by atoms with Gasteiger partial charge in [-0.1, -0.05) is 31.9 Å². The Morgan fingerprint density at radius 3 is 1.58 bits per heavy atom. The molecule has 8 heteroatoms. The lowest BCUT2D eigenvalue weighted by atomic mass is 9.91. The van der Waals surface area contributed by atoms with Gasteiger partial charge in [0.25, 0.3) is 0 Å². The van der Waals surface area contributed by atoms with Gasteiger partial charge in [0.15, 0.2) is 0 Å². The van der Waals surface area contributed by atoms with E-state index in [1.807, 2.05) is 30.8 Å². The van der Waals surface area contributed by atoms with E-state index in [4.69, 9.17) is 9.97 Å². The van der Waals surface area contributed by atoms with E-state index in [0.29, 0.717) is 10.5 Å². The van der Waals surface area contributed by atoms with Crippen molar-refractivity contribution in [1.29, 1.82) is 0 Å². The Balaban J connectivity index is 0.000000299. The summed E-state index contributed by atoms with van der Waals surface area (Å²) in [5.74, 6) is 0. The predicted molar refractivity (Wildman–Crippen MR) is 164 cm³/mol. The second-order valence-electron chi connectivity index (χ2n) is 9.03. The fourth-order valence-electron chi connectivity index (χ4n) is 4.86. The molecular formula is C28H19Br4N3S. The van der Waals surface area contributed by atoms with E-state index in [2.05, 4.69) is 105 Å². The minimum absolute atomic E-state index is 0.381. The zero-order chi connectivity index (χ0) is 25.0. The van der Waals surface area contributed by atoms with Crippen LogP contribution in [0, 0.1) is 6.92 Å². The lowest BCUT2D eigenvalue weighted by Crippen LogP contribution is -2.23. The molecule has 5 aromatic rings. The number of nitrogens with zero attached hydrogens (tertiary/aromatic N) is 3. The molecule has 0 fully saturated rings. The Morgan fingerprint density at radius 1 is 0.694 bits per heavy atom. The molecule has 0 saturated heterocycles. The van der Waals surface area contributed by atoms with Crippen molar-refractivity contribution in [2.75, 3.05) is 0 Å². The highest BCUT2D eigenvalue weighted by atomic mass is 79.9. The van der Waals surface area contributed by atoms with Crippen molar-refractivity contribution in [3.63, 3.8) is 0 Å².